The molecule has 0 unspecified atom stereocenters. The summed E-state index contributed by atoms with van der Waals surface area (Å²) in [6.07, 6.45) is 8.20. The third-order valence-corrected chi connectivity index (χ3v) is 4.08. The predicted octanol–water partition coefficient (Wildman–Crippen LogP) is 2.93. The van der Waals surface area contributed by atoms with E-state index in [0.717, 1.165) is 43.5 Å². The molecule has 1 aliphatic rings. The number of aromatic nitrogens is 1. The van der Waals surface area contributed by atoms with Crippen molar-refractivity contribution in [3.63, 3.8) is 0 Å². The summed E-state index contributed by atoms with van der Waals surface area (Å²) in [7, 11) is 0. The minimum Gasteiger partial charge on any atom is -0.357 e. The van der Waals surface area contributed by atoms with Gasteiger partial charge in [-0.2, -0.15) is 0 Å². The van der Waals surface area contributed by atoms with Crippen LogP contribution in [0.2, 0.25) is 0 Å². The molecule has 23 heavy (non-hydrogen) atoms. The second-order valence-electron chi connectivity index (χ2n) is 6.05. The van der Waals surface area contributed by atoms with E-state index in [1.807, 2.05) is 6.20 Å². The van der Waals surface area contributed by atoms with Crippen molar-refractivity contribution in [3.8, 4) is 0 Å². The van der Waals surface area contributed by atoms with Crippen LogP contribution in [0.1, 0.15) is 51.5 Å². The SMILES string of the molecule is CCCCCNC(=NCc1ccc(N2CCCC2)nc1)NCC. The molecule has 5 heteroatoms. The fraction of sp³-hybridized carbons (Fsp3) is 0.667. The Bertz CT molecular complexity index is 463. The molecule has 1 aromatic rings. The van der Waals surface area contributed by atoms with Gasteiger partial charge < -0.3 is 15.5 Å². The molecule has 0 spiro atoms. The number of unbranched alkanes of at least 4 members (excludes halogenated alkanes) is 2. The fourth-order valence-electron chi connectivity index (χ4n) is 2.74. The van der Waals surface area contributed by atoms with E-state index in [1.54, 1.807) is 0 Å². The second kappa shape index (κ2) is 10.1. The quantitative estimate of drug-likeness (QED) is 0.440. The predicted molar refractivity (Wildman–Crippen MR) is 98.0 cm³/mol. The Labute approximate surface area is 140 Å². The van der Waals surface area contributed by atoms with Gasteiger partial charge in [-0.05, 0) is 37.8 Å². The van der Waals surface area contributed by atoms with E-state index < -0.39 is 0 Å². The van der Waals surface area contributed by atoms with Crippen LogP contribution in [0, 0.1) is 0 Å². The standard InChI is InChI=1S/C18H31N5/c1-3-5-6-11-20-18(19-4-2)22-15-16-9-10-17(21-14-16)23-12-7-8-13-23/h9-10,14H,3-8,11-13,15H2,1-2H3,(H2,19,20,22). The summed E-state index contributed by atoms with van der Waals surface area (Å²) in [6, 6.07) is 4.27. The molecule has 2 rings (SSSR count). The summed E-state index contributed by atoms with van der Waals surface area (Å²) in [6.45, 7) is 9.11. The van der Waals surface area contributed by atoms with E-state index in [4.69, 9.17) is 0 Å². The molecule has 2 heterocycles. The zero-order chi connectivity index (χ0) is 16.3. The van der Waals surface area contributed by atoms with Crippen LogP contribution >= 0.6 is 0 Å². The fourth-order valence-corrected chi connectivity index (χ4v) is 2.74. The van der Waals surface area contributed by atoms with E-state index in [-0.39, 0.29) is 0 Å². The molecule has 128 valence electrons. The van der Waals surface area contributed by atoms with Gasteiger partial charge in [-0.25, -0.2) is 9.98 Å². The summed E-state index contributed by atoms with van der Waals surface area (Å²) < 4.78 is 0. The Morgan fingerprint density at radius 2 is 2.00 bits per heavy atom. The summed E-state index contributed by atoms with van der Waals surface area (Å²) in [5, 5.41) is 6.69. The number of nitrogens with one attached hydrogen (secondary N) is 2. The minimum atomic E-state index is 0.663. The lowest BCUT2D eigenvalue weighted by molar-refractivity contribution is 0.683. The van der Waals surface area contributed by atoms with Crippen molar-refractivity contribution in [2.45, 2.75) is 52.5 Å². The Balaban J connectivity index is 1.84. The smallest absolute Gasteiger partial charge is 0.191 e. The topological polar surface area (TPSA) is 52.6 Å². The summed E-state index contributed by atoms with van der Waals surface area (Å²) in [5.41, 5.74) is 1.15. The van der Waals surface area contributed by atoms with Crippen LogP contribution in [-0.4, -0.2) is 37.1 Å². The van der Waals surface area contributed by atoms with Gasteiger partial charge in [0.25, 0.3) is 0 Å². The van der Waals surface area contributed by atoms with Gasteiger partial charge >= 0.3 is 0 Å². The highest BCUT2D eigenvalue weighted by Crippen LogP contribution is 2.17. The Kier molecular flexibility index (Phi) is 7.70. The van der Waals surface area contributed by atoms with Gasteiger partial charge in [0.1, 0.15) is 5.82 Å². The van der Waals surface area contributed by atoms with E-state index in [2.05, 4.69) is 51.5 Å². The van der Waals surface area contributed by atoms with E-state index in [1.165, 1.54) is 32.1 Å². The van der Waals surface area contributed by atoms with Crippen LogP contribution in [-0.2, 0) is 6.54 Å². The van der Waals surface area contributed by atoms with Gasteiger partial charge in [0.15, 0.2) is 5.96 Å². The molecular weight excluding hydrogens is 286 g/mol. The van der Waals surface area contributed by atoms with Crippen molar-refractivity contribution in [2.75, 3.05) is 31.1 Å². The second-order valence-corrected chi connectivity index (χ2v) is 6.05. The van der Waals surface area contributed by atoms with Gasteiger partial charge in [-0.1, -0.05) is 25.8 Å². The van der Waals surface area contributed by atoms with Crippen LogP contribution in [0.5, 0.6) is 0 Å². The van der Waals surface area contributed by atoms with Gasteiger partial charge in [0.05, 0.1) is 6.54 Å². The number of rotatable bonds is 8. The van der Waals surface area contributed by atoms with Gasteiger partial charge in [0, 0.05) is 32.4 Å². The van der Waals surface area contributed by atoms with E-state index >= 15 is 0 Å². The number of aliphatic imine (C=N–C) groups is 1. The normalized spacial score (nSPS) is 15.0. The molecule has 0 amide bonds. The van der Waals surface area contributed by atoms with Crippen LogP contribution in [0.3, 0.4) is 0 Å². The first kappa shape index (κ1) is 17.6. The highest BCUT2D eigenvalue weighted by Gasteiger charge is 2.12. The molecule has 0 bridgehead atoms. The number of hydrogen-bond donors (Lipinski definition) is 2. The number of nitrogens with zero attached hydrogens (tertiary/aromatic N) is 3. The highest BCUT2D eigenvalue weighted by atomic mass is 15.2. The van der Waals surface area contributed by atoms with E-state index in [0.29, 0.717) is 6.54 Å². The van der Waals surface area contributed by atoms with Crippen molar-refractivity contribution < 1.29 is 0 Å². The zero-order valence-electron chi connectivity index (χ0n) is 14.6. The lowest BCUT2D eigenvalue weighted by Crippen LogP contribution is -2.37. The molecule has 1 aliphatic heterocycles. The Morgan fingerprint density at radius 1 is 1.17 bits per heavy atom. The molecule has 0 atom stereocenters. The largest absolute Gasteiger partial charge is 0.357 e. The highest BCUT2D eigenvalue weighted by molar-refractivity contribution is 5.79. The van der Waals surface area contributed by atoms with Crippen molar-refractivity contribution in [1.82, 2.24) is 15.6 Å². The molecule has 0 aliphatic carbocycles. The minimum absolute atomic E-state index is 0.663. The molecule has 0 saturated carbocycles. The molecule has 1 saturated heterocycles. The lowest BCUT2D eigenvalue weighted by atomic mass is 10.2. The third-order valence-electron chi connectivity index (χ3n) is 4.08. The van der Waals surface area contributed by atoms with Gasteiger partial charge in [-0.15, -0.1) is 0 Å². The first-order valence-corrected chi connectivity index (χ1v) is 9.05. The summed E-state index contributed by atoms with van der Waals surface area (Å²) in [4.78, 5) is 11.6. The number of anilines is 1. The van der Waals surface area contributed by atoms with E-state index in [9.17, 15) is 0 Å². The summed E-state index contributed by atoms with van der Waals surface area (Å²) >= 11 is 0. The van der Waals surface area contributed by atoms with Crippen molar-refractivity contribution in [3.05, 3.63) is 23.9 Å². The first-order valence-electron chi connectivity index (χ1n) is 9.05. The van der Waals surface area contributed by atoms with Gasteiger partial charge in [0.2, 0.25) is 0 Å². The average Bonchev–Trinajstić information content (AvgIpc) is 3.11. The van der Waals surface area contributed by atoms with Crippen molar-refractivity contribution in [2.24, 2.45) is 4.99 Å². The number of pyridine rings is 1. The van der Waals surface area contributed by atoms with Crippen LogP contribution < -0.4 is 15.5 Å². The van der Waals surface area contributed by atoms with Crippen LogP contribution in [0.4, 0.5) is 5.82 Å². The van der Waals surface area contributed by atoms with Gasteiger partial charge in [-0.3, -0.25) is 0 Å². The summed E-state index contributed by atoms with van der Waals surface area (Å²) in [5.74, 6) is 1.99. The first-order chi connectivity index (χ1) is 11.3. The molecule has 5 nitrogen and oxygen atoms in total. The molecular formula is C18H31N5. The van der Waals surface area contributed by atoms with Crippen LogP contribution in [0.25, 0.3) is 0 Å². The molecule has 1 fully saturated rings. The van der Waals surface area contributed by atoms with Crippen LogP contribution in [0.15, 0.2) is 23.3 Å². The third kappa shape index (κ3) is 6.08. The Morgan fingerprint density at radius 3 is 2.65 bits per heavy atom. The molecule has 0 aromatic carbocycles. The molecule has 0 radical (unpaired) electrons. The van der Waals surface area contributed by atoms with Crippen molar-refractivity contribution >= 4 is 11.8 Å². The maximum atomic E-state index is 4.65. The zero-order valence-corrected chi connectivity index (χ0v) is 14.6. The average molecular weight is 317 g/mol. The molecule has 2 N–H and O–H groups in total. The lowest BCUT2D eigenvalue weighted by Gasteiger charge is -2.16. The number of guanidine groups is 1. The Hall–Kier alpha value is -1.78. The molecule has 1 aromatic heterocycles. The maximum absolute atomic E-state index is 4.65. The maximum Gasteiger partial charge on any atom is 0.191 e. The number of hydrogen-bond acceptors (Lipinski definition) is 3. The monoisotopic (exact) mass is 317 g/mol. The van der Waals surface area contributed by atoms with Crippen molar-refractivity contribution in [1.29, 1.82) is 0 Å².